The molecule has 1 N–H and O–H groups in total. The summed E-state index contributed by atoms with van der Waals surface area (Å²) >= 11 is 3.33. The van der Waals surface area contributed by atoms with Gasteiger partial charge in [0.25, 0.3) is 5.91 Å². The minimum Gasteiger partial charge on any atom is -0.495 e. The minimum atomic E-state index is -3.07. The zero-order valence-electron chi connectivity index (χ0n) is 14.7. The zero-order valence-corrected chi connectivity index (χ0v) is 17.1. The maximum absolute atomic E-state index is 12.5. The van der Waals surface area contributed by atoms with E-state index < -0.39 is 21.8 Å². The van der Waals surface area contributed by atoms with Gasteiger partial charge in [-0.2, -0.15) is 0 Å². The van der Waals surface area contributed by atoms with Crippen LogP contribution in [0.5, 0.6) is 11.5 Å². The van der Waals surface area contributed by atoms with Gasteiger partial charge in [-0.1, -0.05) is 0 Å². The van der Waals surface area contributed by atoms with E-state index in [2.05, 4.69) is 21.2 Å². The average Bonchev–Trinajstić information content (AvgIpc) is 2.61. The third kappa shape index (κ3) is 4.67. The first-order valence-corrected chi connectivity index (χ1v) is 10.5. The van der Waals surface area contributed by atoms with E-state index in [1.807, 2.05) is 0 Å². The molecule has 1 unspecified atom stereocenters. The Bertz CT molecular complexity index is 772. The van der Waals surface area contributed by atoms with Gasteiger partial charge in [0.2, 0.25) is 5.91 Å². The number of benzene rings is 1. The monoisotopic (exact) mass is 448 g/mol. The standard InChI is InChI=1S/C16H21BrN2O6S/c1-10(16(21)19-4-6-26(22,23)7-5-19)18-15(20)11-8-12(24-2)14(17)13(9-11)25-3/h8-10H,4-7H2,1-3H3,(H,18,20). The van der Waals surface area contributed by atoms with Crippen molar-refractivity contribution in [1.82, 2.24) is 10.2 Å². The summed E-state index contributed by atoms with van der Waals surface area (Å²) in [5, 5.41) is 2.63. The molecule has 144 valence electrons. The van der Waals surface area contributed by atoms with Gasteiger partial charge in [0.15, 0.2) is 9.84 Å². The molecular formula is C16H21BrN2O6S. The Morgan fingerprint density at radius 1 is 1.15 bits per heavy atom. The number of hydrogen-bond acceptors (Lipinski definition) is 6. The Morgan fingerprint density at radius 2 is 1.65 bits per heavy atom. The molecule has 0 aliphatic carbocycles. The smallest absolute Gasteiger partial charge is 0.252 e. The summed E-state index contributed by atoms with van der Waals surface area (Å²) in [6.07, 6.45) is 0. The van der Waals surface area contributed by atoms with E-state index in [-0.39, 0.29) is 36.1 Å². The third-order valence-electron chi connectivity index (χ3n) is 4.08. The maximum atomic E-state index is 12.5. The van der Waals surface area contributed by atoms with Crippen molar-refractivity contribution in [2.45, 2.75) is 13.0 Å². The van der Waals surface area contributed by atoms with Crippen LogP contribution in [-0.4, -0.2) is 70.0 Å². The highest BCUT2D eigenvalue weighted by Gasteiger charge is 2.29. The molecule has 1 atom stereocenters. The van der Waals surface area contributed by atoms with Crippen LogP contribution in [0.4, 0.5) is 0 Å². The van der Waals surface area contributed by atoms with Gasteiger partial charge < -0.3 is 19.7 Å². The molecule has 1 aliphatic heterocycles. The molecule has 8 nitrogen and oxygen atoms in total. The second-order valence-corrected chi connectivity index (χ2v) is 8.96. The number of methoxy groups -OCH3 is 2. The molecule has 0 spiro atoms. The van der Waals surface area contributed by atoms with Crippen molar-refractivity contribution in [2.75, 3.05) is 38.8 Å². The van der Waals surface area contributed by atoms with Crippen LogP contribution in [0.3, 0.4) is 0 Å². The van der Waals surface area contributed by atoms with Crippen molar-refractivity contribution in [2.24, 2.45) is 0 Å². The lowest BCUT2D eigenvalue weighted by Crippen LogP contribution is -2.51. The molecule has 0 saturated carbocycles. The lowest BCUT2D eigenvalue weighted by molar-refractivity contribution is -0.132. The molecule has 0 aromatic heterocycles. The highest BCUT2D eigenvalue weighted by molar-refractivity contribution is 9.10. The number of halogens is 1. The van der Waals surface area contributed by atoms with E-state index >= 15 is 0 Å². The Morgan fingerprint density at radius 3 is 2.12 bits per heavy atom. The molecule has 1 saturated heterocycles. The SMILES string of the molecule is COc1cc(C(=O)NC(C)C(=O)N2CCS(=O)(=O)CC2)cc(OC)c1Br. The lowest BCUT2D eigenvalue weighted by Gasteiger charge is -2.29. The van der Waals surface area contributed by atoms with Gasteiger partial charge in [-0.15, -0.1) is 0 Å². The number of hydrogen-bond donors (Lipinski definition) is 1. The Hall–Kier alpha value is -1.81. The van der Waals surface area contributed by atoms with Crippen LogP contribution in [0.1, 0.15) is 17.3 Å². The lowest BCUT2D eigenvalue weighted by atomic mass is 10.1. The minimum absolute atomic E-state index is 0.0550. The van der Waals surface area contributed by atoms with Crippen LogP contribution in [0.25, 0.3) is 0 Å². The first-order chi connectivity index (χ1) is 12.2. The maximum Gasteiger partial charge on any atom is 0.252 e. The van der Waals surface area contributed by atoms with E-state index in [0.29, 0.717) is 16.0 Å². The summed E-state index contributed by atoms with van der Waals surface area (Å²) in [7, 11) is -0.134. The Balaban J connectivity index is 2.08. The summed E-state index contributed by atoms with van der Waals surface area (Å²) < 4.78 is 33.9. The van der Waals surface area contributed by atoms with Crippen LogP contribution >= 0.6 is 15.9 Å². The number of nitrogens with one attached hydrogen (secondary N) is 1. The van der Waals surface area contributed by atoms with E-state index in [4.69, 9.17) is 9.47 Å². The number of ether oxygens (including phenoxy) is 2. The van der Waals surface area contributed by atoms with Crippen LogP contribution in [-0.2, 0) is 14.6 Å². The molecule has 10 heteroatoms. The molecule has 1 aromatic rings. The number of sulfone groups is 1. The summed E-state index contributed by atoms with van der Waals surface area (Å²) in [4.78, 5) is 26.4. The van der Waals surface area contributed by atoms with Gasteiger partial charge in [0, 0.05) is 18.7 Å². The molecule has 1 fully saturated rings. The first kappa shape index (κ1) is 20.5. The topological polar surface area (TPSA) is 102 Å². The fraction of sp³-hybridized carbons (Fsp3) is 0.500. The summed E-state index contributed by atoms with van der Waals surface area (Å²) in [5.74, 6) is -0.0330. The van der Waals surface area contributed by atoms with Crippen LogP contribution < -0.4 is 14.8 Å². The molecule has 2 amide bonds. The van der Waals surface area contributed by atoms with Crippen molar-refractivity contribution in [3.05, 3.63) is 22.2 Å². The predicted octanol–water partition coefficient (Wildman–Crippen LogP) is 0.842. The molecule has 1 aliphatic rings. The molecule has 1 heterocycles. The van der Waals surface area contributed by atoms with Gasteiger partial charge in [-0.25, -0.2) is 8.42 Å². The molecule has 1 aromatic carbocycles. The number of amides is 2. The van der Waals surface area contributed by atoms with Crippen molar-refractivity contribution < 1.29 is 27.5 Å². The van der Waals surface area contributed by atoms with E-state index in [1.165, 1.54) is 31.3 Å². The quantitative estimate of drug-likeness (QED) is 0.715. The van der Waals surface area contributed by atoms with Crippen molar-refractivity contribution in [3.8, 4) is 11.5 Å². The normalized spacial score (nSPS) is 17.3. The Labute approximate surface area is 160 Å². The van der Waals surface area contributed by atoms with Gasteiger partial charge in [-0.3, -0.25) is 9.59 Å². The summed E-state index contributed by atoms with van der Waals surface area (Å²) in [6, 6.07) is 2.28. The van der Waals surface area contributed by atoms with Crippen molar-refractivity contribution in [3.63, 3.8) is 0 Å². The Kier molecular flexibility index (Phi) is 6.51. The summed E-state index contributed by atoms with van der Waals surface area (Å²) in [5.41, 5.74) is 0.280. The highest BCUT2D eigenvalue weighted by Crippen LogP contribution is 2.35. The molecule has 0 bridgehead atoms. The van der Waals surface area contributed by atoms with Crippen LogP contribution in [0, 0.1) is 0 Å². The van der Waals surface area contributed by atoms with E-state index in [0.717, 1.165) is 0 Å². The average molecular weight is 449 g/mol. The molecule has 2 rings (SSSR count). The number of carbonyl (C=O) groups excluding carboxylic acids is 2. The molecular weight excluding hydrogens is 428 g/mol. The molecule has 26 heavy (non-hydrogen) atoms. The van der Waals surface area contributed by atoms with Gasteiger partial charge >= 0.3 is 0 Å². The van der Waals surface area contributed by atoms with Crippen molar-refractivity contribution >= 4 is 37.6 Å². The van der Waals surface area contributed by atoms with E-state index in [1.54, 1.807) is 6.92 Å². The van der Waals surface area contributed by atoms with Crippen LogP contribution in [0.2, 0.25) is 0 Å². The fourth-order valence-electron chi connectivity index (χ4n) is 2.55. The predicted molar refractivity (Wildman–Crippen MR) is 99.4 cm³/mol. The number of rotatable bonds is 5. The summed E-state index contributed by atoms with van der Waals surface area (Å²) in [6.45, 7) is 1.85. The van der Waals surface area contributed by atoms with E-state index in [9.17, 15) is 18.0 Å². The second-order valence-electron chi connectivity index (χ2n) is 5.87. The first-order valence-electron chi connectivity index (χ1n) is 7.90. The fourth-order valence-corrected chi connectivity index (χ4v) is 4.30. The van der Waals surface area contributed by atoms with Crippen LogP contribution in [0.15, 0.2) is 16.6 Å². The number of nitrogens with zero attached hydrogens (tertiary/aromatic N) is 1. The largest absolute Gasteiger partial charge is 0.495 e. The van der Waals surface area contributed by atoms with Gasteiger partial charge in [-0.05, 0) is 35.0 Å². The second kappa shape index (κ2) is 8.26. The highest BCUT2D eigenvalue weighted by atomic mass is 79.9. The van der Waals surface area contributed by atoms with Crippen molar-refractivity contribution in [1.29, 1.82) is 0 Å². The van der Waals surface area contributed by atoms with Gasteiger partial charge in [0.1, 0.15) is 22.0 Å². The zero-order chi connectivity index (χ0) is 19.5. The molecule has 0 radical (unpaired) electrons. The third-order valence-corrected chi connectivity index (χ3v) is 6.47. The van der Waals surface area contributed by atoms with Gasteiger partial charge in [0.05, 0.1) is 25.7 Å². The number of carbonyl (C=O) groups is 2.